The van der Waals surface area contributed by atoms with Crippen LogP contribution in [0, 0.1) is 0 Å². The van der Waals surface area contributed by atoms with Crippen molar-refractivity contribution in [2.24, 2.45) is 0 Å². The van der Waals surface area contributed by atoms with E-state index < -0.39 is 10.1 Å². The molecule has 0 unspecified atom stereocenters. The van der Waals surface area contributed by atoms with Gasteiger partial charge in [-0.1, -0.05) is 84.9 Å². The number of fused-ring (bicyclic) bond motifs is 3. The van der Waals surface area contributed by atoms with E-state index in [1.165, 1.54) is 0 Å². The first-order chi connectivity index (χ1) is 15.0. The Labute approximate surface area is 180 Å². The van der Waals surface area contributed by atoms with Gasteiger partial charge in [-0.2, -0.15) is 8.42 Å². The highest BCUT2D eigenvalue weighted by Gasteiger charge is 2.12. The summed E-state index contributed by atoms with van der Waals surface area (Å²) in [7, 11) is -3.45. The Morgan fingerprint density at radius 2 is 1.32 bits per heavy atom. The van der Waals surface area contributed by atoms with Crippen molar-refractivity contribution in [3.05, 3.63) is 96.6 Å². The van der Waals surface area contributed by atoms with Crippen molar-refractivity contribution in [3.63, 3.8) is 0 Å². The Morgan fingerprint density at radius 3 is 2.03 bits per heavy atom. The van der Waals surface area contributed by atoms with Crippen molar-refractivity contribution in [2.75, 3.05) is 6.26 Å². The molecule has 0 amide bonds. The topological polar surface area (TPSA) is 56.5 Å². The minimum atomic E-state index is -3.45. The van der Waals surface area contributed by atoms with E-state index in [1.807, 2.05) is 42.5 Å². The summed E-state index contributed by atoms with van der Waals surface area (Å²) in [6.45, 7) is 0.0412. The molecular weight excluding hydrogens is 408 g/mol. The summed E-state index contributed by atoms with van der Waals surface area (Å²) in [4.78, 5) is 0. The smallest absolute Gasteiger partial charge is 0.264 e. The van der Waals surface area contributed by atoms with Gasteiger partial charge in [0.05, 0.1) is 12.9 Å². The van der Waals surface area contributed by atoms with Crippen molar-refractivity contribution in [3.8, 4) is 22.3 Å². The van der Waals surface area contributed by atoms with E-state index in [1.54, 1.807) is 0 Å². The fourth-order valence-corrected chi connectivity index (χ4v) is 4.14. The number of benzene rings is 4. The Balaban J connectivity index is 1.44. The van der Waals surface area contributed by atoms with Crippen LogP contribution in [0.4, 0.5) is 0 Å². The largest absolute Gasteiger partial charge is 0.455 e. The molecule has 0 bridgehead atoms. The molecule has 31 heavy (non-hydrogen) atoms. The lowest BCUT2D eigenvalue weighted by Gasteiger charge is -2.07. The SMILES string of the molecule is CS(=O)(=O)OCc1ccc(-c2ccc(-c3cccc4c3oc3ccccc34)cc2)cc1. The van der Waals surface area contributed by atoms with E-state index in [0.717, 1.165) is 56.0 Å². The second-order valence-electron chi connectivity index (χ2n) is 7.52. The van der Waals surface area contributed by atoms with Crippen LogP contribution in [0.2, 0.25) is 0 Å². The van der Waals surface area contributed by atoms with E-state index in [0.29, 0.717) is 0 Å². The predicted molar refractivity (Wildman–Crippen MR) is 124 cm³/mol. The molecule has 0 spiro atoms. The Kier molecular flexibility index (Phi) is 4.85. The van der Waals surface area contributed by atoms with E-state index in [-0.39, 0.29) is 6.61 Å². The quantitative estimate of drug-likeness (QED) is 0.304. The average molecular weight is 429 g/mol. The molecule has 5 heteroatoms. The maximum Gasteiger partial charge on any atom is 0.264 e. The first kappa shape index (κ1) is 19.5. The highest BCUT2D eigenvalue weighted by Crippen LogP contribution is 2.36. The number of hydrogen-bond donors (Lipinski definition) is 0. The molecule has 0 fully saturated rings. The zero-order valence-corrected chi connectivity index (χ0v) is 17.7. The second-order valence-corrected chi connectivity index (χ2v) is 9.17. The van der Waals surface area contributed by atoms with Gasteiger partial charge in [-0.05, 0) is 28.3 Å². The van der Waals surface area contributed by atoms with Crippen LogP contribution >= 0.6 is 0 Å². The lowest BCUT2D eigenvalue weighted by Crippen LogP contribution is -2.02. The van der Waals surface area contributed by atoms with Gasteiger partial charge in [-0.15, -0.1) is 0 Å². The first-order valence-electron chi connectivity index (χ1n) is 9.92. The van der Waals surface area contributed by atoms with Gasteiger partial charge in [0.1, 0.15) is 11.2 Å². The van der Waals surface area contributed by atoms with Gasteiger partial charge in [0.15, 0.2) is 0 Å². The molecule has 1 aromatic heterocycles. The molecule has 0 aliphatic heterocycles. The summed E-state index contributed by atoms with van der Waals surface area (Å²) >= 11 is 0. The van der Waals surface area contributed by atoms with Crippen LogP contribution in [0.3, 0.4) is 0 Å². The highest BCUT2D eigenvalue weighted by atomic mass is 32.2. The van der Waals surface area contributed by atoms with Gasteiger partial charge in [-0.25, -0.2) is 0 Å². The standard InChI is InChI=1S/C26H20O4S/c1-31(27,28)29-17-18-9-11-19(12-10-18)20-13-15-21(16-14-20)22-6-4-7-24-23-5-2-3-8-25(23)30-26(22)24/h2-16H,17H2,1H3. The van der Waals surface area contributed by atoms with Gasteiger partial charge in [0, 0.05) is 16.3 Å². The summed E-state index contributed by atoms with van der Waals surface area (Å²) < 4.78 is 33.3. The van der Waals surface area contributed by atoms with Crippen molar-refractivity contribution in [1.82, 2.24) is 0 Å². The number of hydrogen-bond acceptors (Lipinski definition) is 4. The van der Waals surface area contributed by atoms with Crippen molar-refractivity contribution in [1.29, 1.82) is 0 Å². The molecule has 0 radical (unpaired) electrons. The van der Waals surface area contributed by atoms with E-state index in [4.69, 9.17) is 8.60 Å². The second kappa shape index (κ2) is 7.69. The molecule has 0 N–H and O–H groups in total. The van der Waals surface area contributed by atoms with Crippen LogP contribution in [0.15, 0.2) is 95.4 Å². The Bertz CT molecular complexity index is 1480. The maximum atomic E-state index is 11.1. The van der Waals surface area contributed by atoms with Crippen LogP contribution in [-0.2, 0) is 20.9 Å². The van der Waals surface area contributed by atoms with Crippen molar-refractivity contribution < 1.29 is 17.0 Å². The molecule has 4 aromatic carbocycles. The normalized spacial score (nSPS) is 11.9. The van der Waals surface area contributed by atoms with Crippen LogP contribution in [-0.4, -0.2) is 14.7 Å². The van der Waals surface area contributed by atoms with E-state index in [9.17, 15) is 8.42 Å². The fourth-order valence-electron chi connectivity index (χ4n) is 3.79. The number of rotatable bonds is 5. The molecule has 0 atom stereocenters. The minimum Gasteiger partial charge on any atom is -0.455 e. The van der Waals surface area contributed by atoms with Crippen LogP contribution in [0.5, 0.6) is 0 Å². The third kappa shape index (κ3) is 3.98. The summed E-state index contributed by atoms with van der Waals surface area (Å²) in [5.74, 6) is 0. The third-order valence-corrected chi connectivity index (χ3v) is 5.87. The predicted octanol–water partition coefficient (Wildman–Crippen LogP) is 6.40. The van der Waals surface area contributed by atoms with Crippen LogP contribution < -0.4 is 0 Å². The molecule has 154 valence electrons. The molecule has 0 saturated heterocycles. The van der Waals surface area contributed by atoms with E-state index in [2.05, 4.69) is 48.5 Å². The molecule has 0 aliphatic rings. The van der Waals surface area contributed by atoms with Gasteiger partial charge in [0.25, 0.3) is 10.1 Å². The highest BCUT2D eigenvalue weighted by molar-refractivity contribution is 7.85. The summed E-state index contributed by atoms with van der Waals surface area (Å²) in [5.41, 5.74) is 6.88. The molecule has 5 rings (SSSR count). The fraction of sp³-hybridized carbons (Fsp3) is 0.0769. The Morgan fingerprint density at radius 1 is 0.710 bits per heavy atom. The van der Waals surface area contributed by atoms with Crippen LogP contribution in [0.25, 0.3) is 44.2 Å². The summed E-state index contributed by atoms with van der Waals surface area (Å²) in [6, 6.07) is 30.4. The lowest BCUT2D eigenvalue weighted by molar-refractivity contribution is 0.312. The van der Waals surface area contributed by atoms with Crippen molar-refractivity contribution in [2.45, 2.75) is 6.61 Å². The molecule has 0 aliphatic carbocycles. The molecule has 1 heterocycles. The molecular formula is C26H20O4S. The third-order valence-electron chi connectivity index (χ3n) is 5.33. The molecule has 5 aromatic rings. The minimum absolute atomic E-state index is 0.0412. The van der Waals surface area contributed by atoms with E-state index >= 15 is 0 Å². The number of furan rings is 1. The van der Waals surface area contributed by atoms with Gasteiger partial charge >= 0.3 is 0 Å². The van der Waals surface area contributed by atoms with Gasteiger partial charge in [0.2, 0.25) is 0 Å². The zero-order valence-electron chi connectivity index (χ0n) is 16.9. The summed E-state index contributed by atoms with van der Waals surface area (Å²) in [6.07, 6.45) is 1.05. The maximum absolute atomic E-state index is 11.1. The van der Waals surface area contributed by atoms with Crippen LogP contribution in [0.1, 0.15) is 5.56 Å². The lowest BCUT2D eigenvalue weighted by atomic mass is 9.98. The monoisotopic (exact) mass is 428 g/mol. The van der Waals surface area contributed by atoms with Gasteiger partial charge in [-0.3, -0.25) is 4.18 Å². The van der Waals surface area contributed by atoms with Gasteiger partial charge < -0.3 is 4.42 Å². The average Bonchev–Trinajstić information content (AvgIpc) is 3.17. The first-order valence-corrected chi connectivity index (χ1v) is 11.7. The molecule has 0 saturated carbocycles. The van der Waals surface area contributed by atoms with Crippen molar-refractivity contribution >= 4 is 32.1 Å². The zero-order chi connectivity index (χ0) is 21.4. The summed E-state index contributed by atoms with van der Waals surface area (Å²) in [5, 5.41) is 2.24. The molecule has 4 nitrogen and oxygen atoms in total. The number of para-hydroxylation sites is 2. The Hall–Kier alpha value is -3.41.